The van der Waals surface area contributed by atoms with Crippen LogP contribution in [0, 0.1) is 0 Å². The van der Waals surface area contributed by atoms with Gasteiger partial charge in [-0.2, -0.15) is 0 Å². The Morgan fingerprint density at radius 1 is 0.330 bits per heavy atom. The van der Waals surface area contributed by atoms with Crippen molar-refractivity contribution in [3.8, 4) is 0 Å². The van der Waals surface area contributed by atoms with E-state index in [4.69, 9.17) is 18.9 Å². The second-order valence-electron chi connectivity index (χ2n) is 30.7. The van der Waals surface area contributed by atoms with Crippen molar-refractivity contribution in [2.24, 2.45) is 0 Å². The molecule has 97 heavy (non-hydrogen) atoms. The van der Waals surface area contributed by atoms with Crippen LogP contribution in [0.5, 0.6) is 0 Å². The summed E-state index contributed by atoms with van der Waals surface area (Å²) in [5.41, 5.74) is 0. The molecule has 0 aromatic rings. The summed E-state index contributed by atoms with van der Waals surface area (Å²) in [6.45, 7) is 2.95. The highest BCUT2D eigenvalue weighted by atomic mass is 16.7. The minimum absolute atomic E-state index is 0.194. The van der Waals surface area contributed by atoms with Gasteiger partial charge < -0.3 is 65.1 Å². The molecule has 2 fully saturated rings. The van der Waals surface area contributed by atoms with Gasteiger partial charge in [-0.3, -0.25) is 4.79 Å². The topological polar surface area (TPSA) is 228 Å². The third kappa shape index (κ3) is 50.9. The van der Waals surface area contributed by atoms with Crippen molar-refractivity contribution in [1.82, 2.24) is 5.32 Å². The fourth-order valence-electron chi connectivity index (χ4n) is 14.8. The molecule has 1 amide bonds. The van der Waals surface area contributed by atoms with Gasteiger partial charge in [0, 0.05) is 6.42 Å². The van der Waals surface area contributed by atoms with Crippen LogP contribution < -0.4 is 5.32 Å². The number of hydrogen-bond acceptors (Lipinski definition) is 13. The number of aliphatic hydroxyl groups excluding tert-OH is 8. The Morgan fingerprint density at radius 3 is 0.876 bits per heavy atom. The van der Waals surface area contributed by atoms with E-state index in [-0.39, 0.29) is 12.5 Å². The fraction of sp³-hybridized carbons (Fsp3) is 0.988. The highest BCUT2D eigenvalue weighted by molar-refractivity contribution is 5.76. The van der Waals surface area contributed by atoms with Gasteiger partial charge in [-0.25, -0.2) is 0 Å². The Kier molecular flexibility index (Phi) is 64.7. The first-order chi connectivity index (χ1) is 47.6. The smallest absolute Gasteiger partial charge is 0.220 e. The summed E-state index contributed by atoms with van der Waals surface area (Å²) in [6.07, 6.45) is 68.9. The maximum atomic E-state index is 13.4. The molecule has 12 unspecified atom stereocenters. The Morgan fingerprint density at radius 2 is 0.588 bits per heavy atom. The number of aliphatic hydroxyl groups is 8. The number of unbranched alkanes of at least 4 members (excludes halogenated alkanes) is 61. The Labute approximate surface area is 597 Å². The van der Waals surface area contributed by atoms with Crippen molar-refractivity contribution >= 4 is 5.91 Å². The largest absolute Gasteiger partial charge is 0.394 e. The van der Waals surface area contributed by atoms with Crippen LogP contribution in [0.25, 0.3) is 0 Å². The summed E-state index contributed by atoms with van der Waals surface area (Å²) in [7, 11) is 0. The molecule has 0 bridgehead atoms. The van der Waals surface area contributed by atoms with Gasteiger partial charge in [-0.15, -0.1) is 0 Å². The third-order valence-corrected chi connectivity index (χ3v) is 21.6. The van der Waals surface area contributed by atoms with Crippen LogP contribution in [0.3, 0.4) is 0 Å². The molecule has 0 aromatic carbocycles. The lowest BCUT2D eigenvalue weighted by atomic mass is 9.97. The number of rotatable bonds is 74. The maximum Gasteiger partial charge on any atom is 0.220 e. The first-order valence-electron chi connectivity index (χ1n) is 42.8. The van der Waals surface area contributed by atoms with E-state index in [9.17, 15) is 45.6 Å². The van der Waals surface area contributed by atoms with Gasteiger partial charge in [0.25, 0.3) is 0 Å². The molecule has 0 saturated carbocycles. The molecule has 0 aliphatic carbocycles. The highest BCUT2D eigenvalue weighted by Crippen LogP contribution is 2.31. The van der Waals surface area contributed by atoms with E-state index >= 15 is 0 Å². The summed E-state index contributed by atoms with van der Waals surface area (Å²) in [6, 6.07) is -0.826. The van der Waals surface area contributed by atoms with Crippen molar-refractivity contribution in [2.75, 3.05) is 19.8 Å². The minimum atomic E-state index is -1.78. The van der Waals surface area contributed by atoms with Crippen molar-refractivity contribution in [1.29, 1.82) is 0 Å². The molecule has 0 aromatic heterocycles. The lowest BCUT2D eigenvalue weighted by molar-refractivity contribution is -0.359. The average Bonchev–Trinajstić information content (AvgIpc) is 0.793. The Hall–Kier alpha value is -1.01. The molecule has 2 rings (SSSR count). The molecule has 0 spiro atoms. The van der Waals surface area contributed by atoms with Gasteiger partial charge in [-0.1, -0.05) is 412 Å². The molecule has 2 saturated heterocycles. The first kappa shape index (κ1) is 92.1. The number of ether oxygens (including phenoxy) is 4. The van der Waals surface area contributed by atoms with E-state index in [0.29, 0.717) is 12.8 Å². The van der Waals surface area contributed by atoms with Crippen molar-refractivity contribution in [2.45, 2.75) is 505 Å². The van der Waals surface area contributed by atoms with Gasteiger partial charge in [-0.05, 0) is 12.8 Å². The Balaban J connectivity index is 1.56. The van der Waals surface area contributed by atoms with Crippen LogP contribution >= 0.6 is 0 Å². The van der Waals surface area contributed by atoms with Crippen molar-refractivity contribution in [3.63, 3.8) is 0 Å². The third-order valence-electron chi connectivity index (χ3n) is 21.6. The van der Waals surface area contributed by atoms with Gasteiger partial charge in [0.15, 0.2) is 12.6 Å². The average molecular weight is 1380 g/mol. The molecule has 578 valence electrons. The van der Waals surface area contributed by atoms with Crippen molar-refractivity contribution in [3.05, 3.63) is 0 Å². The quantitative estimate of drug-likeness (QED) is 0.0259. The SMILES string of the molecule is CCCCCCCCCCCCCCCCCCCCCCCCCCCCCCCCCCCCCCC(=O)NC(COC1OC(CO)C(OC2OC(CO)C(O)C(O)C2O)C(O)C1O)C(O)CCCCCCCCCCCCCCCCCCCCCCCCCCCCC. The van der Waals surface area contributed by atoms with E-state index in [2.05, 4.69) is 19.2 Å². The molecule has 2 heterocycles. The monoisotopic (exact) mass is 1380 g/mol. The van der Waals surface area contributed by atoms with Crippen LogP contribution in [0.15, 0.2) is 0 Å². The second-order valence-corrected chi connectivity index (χ2v) is 30.7. The molecule has 14 heteroatoms. The molecule has 2 aliphatic heterocycles. The Bertz CT molecular complexity index is 1630. The molecular formula is C83H163NO13. The molecule has 14 nitrogen and oxygen atoms in total. The van der Waals surface area contributed by atoms with Gasteiger partial charge in [0.1, 0.15) is 48.8 Å². The van der Waals surface area contributed by atoms with Crippen LogP contribution in [0.1, 0.15) is 431 Å². The zero-order valence-electron chi connectivity index (χ0n) is 63.6. The van der Waals surface area contributed by atoms with Gasteiger partial charge >= 0.3 is 0 Å². The summed E-state index contributed by atoms with van der Waals surface area (Å²) in [5.74, 6) is -0.194. The van der Waals surface area contributed by atoms with Crippen LogP contribution in [-0.2, 0) is 23.7 Å². The predicted molar refractivity (Wildman–Crippen MR) is 402 cm³/mol. The molecule has 0 radical (unpaired) electrons. The fourth-order valence-corrected chi connectivity index (χ4v) is 14.8. The number of hydrogen-bond donors (Lipinski definition) is 9. The highest BCUT2D eigenvalue weighted by Gasteiger charge is 2.51. The summed E-state index contributed by atoms with van der Waals surface area (Å²) in [5, 5.41) is 87.9. The zero-order chi connectivity index (χ0) is 70.1. The summed E-state index contributed by atoms with van der Waals surface area (Å²) >= 11 is 0. The van der Waals surface area contributed by atoms with E-state index in [0.717, 1.165) is 51.4 Å². The first-order valence-corrected chi connectivity index (χ1v) is 42.8. The predicted octanol–water partition coefficient (Wildman–Crippen LogP) is 19.9. The molecule has 9 N–H and O–H groups in total. The van der Waals surface area contributed by atoms with E-state index in [1.165, 1.54) is 353 Å². The molecular weight excluding hydrogens is 1220 g/mol. The molecule has 12 atom stereocenters. The lowest BCUT2D eigenvalue weighted by Gasteiger charge is -2.46. The van der Waals surface area contributed by atoms with Gasteiger partial charge in [0.05, 0.1) is 32.0 Å². The standard InChI is InChI=1S/C83H163NO13/c1-3-5-7-9-11-13-15-17-19-21-23-25-27-29-31-32-33-34-35-36-37-38-39-41-43-45-47-49-51-53-55-57-59-61-63-65-67-75(88)84-71(70-94-82-80(93)78(91)81(74(69-86)96-82)97-83-79(92)77(90)76(89)73(68-85)95-83)72(87)66-64-62-60-58-56-54-52-50-48-46-44-42-40-30-28-26-24-22-20-18-16-14-12-10-8-6-4-2/h71-74,76-83,85-87,89-93H,3-70H2,1-2H3,(H,84,88). The van der Waals surface area contributed by atoms with Gasteiger partial charge in [0.2, 0.25) is 5.91 Å². The van der Waals surface area contributed by atoms with Crippen molar-refractivity contribution < 1.29 is 64.6 Å². The van der Waals surface area contributed by atoms with E-state index in [1.54, 1.807) is 0 Å². The summed E-state index contributed by atoms with van der Waals surface area (Å²) < 4.78 is 23.0. The van der Waals surface area contributed by atoms with E-state index < -0.39 is 86.8 Å². The van der Waals surface area contributed by atoms with Crippen LogP contribution in [0.2, 0.25) is 0 Å². The lowest BCUT2D eigenvalue weighted by Crippen LogP contribution is -2.65. The number of carbonyl (C=O) groups is 1. The maximum absolute atomic E-state index is 13.4. The minimum Gasteiger partial charge on any atom is -0.394 e. The van der Waals surface area contributed by atoms with Crippen LogP contribution in [0.4, 0.5) is 0 Å². The number of carbonyl (C=O) groups excluding carboxylic acids is 1. The number of nitrogens with one attached hydrogen (secondary N) is 1. The zero-order valence-corrected chi connectivity index (χ0v) is 63.6. The number of amides is 1. The van der Waals surface area contributed by atoms with Crippen LogP contribution in [-0.4, -0.2) is 140 Å². The van der Waals surface area contributed by atoms with E-state index in [1.807, 2.05) is 0 Å². The normalized spacial score (nSPS) is 22.0. The second kappa shape index (κ2) is 68.1. The molecule has 2 aliphatic rings. The summed E-state index contributed by atoms with van der Waals surface area (Å²) in [4.78, 5) is 13.4.